The summed E-state index contributed by atoms with van der Waals surface area (Å²) in [4.78, 5) is 14.0. The second kappa shape index (κ2) is 4.90. The number of carbonyl (C=O) groups is 1. The SMILES string of the molecule is C/C1=C2/CC23C(=C2CC(=C1C=O)C2)C3OCCN1CCCCC1. The second-order valence-electron chi connectivity index (χ2n) is 7.91. The lowest BCUT2D eigenvalue weighted by Gasteiger charge is -2.26. The zero-order valence-corrected chi connectivity index (χ0v) is 14.0. The summed E-state index contributed by atoms with van der Waals surface area (Å²) in [6.45, 7) is 6.57. The molecule has 3 nitrogen and oxygen atoms in total. The van der Waals surface area contributed by atoms with Crippen LogP contribution in [0.15, 0.2) is 33.4 Å². The highest BCUT2D eigenvalue weighted by molar-refractivity contribution is 5.86. The van der Waals surface area contributed by atoms with E-state index in [0.29, 0.717) is 6.10 Å². The van der Waals surface area contributed by atoms with E-state index in [9.17, 15) is 4.79 Å². The van der Waals surface area contributed by atoms with Gasteiger partial charge in [-0.25, -0.2) is 0 Å². The van der Waals surface area contributed by atoms with Crippen molar-refractivity contribution in [3.8, 4) is 0 Å². The van der Waals surface area contributed by atoms with Crippen LogP contribution in [0.4, 0.5) is 0 Å². The average molecular weight is 311 g/mol. The van der Waals surface area contributed by atoms with Crippen LogP contribution in [0.3, 0.4) is 0 Å². The maximum atomic E-state index is 11.4. The Morgan fingerprint density at radius 1 is 1.22 bits per heavy atom. The molecule has 2 unspecified atom stereocenters. The van der Waals surface area contributed by atoms with Gasteiger partial charge < -0.3 is 9.64 Å². The fourth-order valence-corrected chi connectivity index (χ4v) is 5.21. The minimum atomic E-state index is 0.238. The fraction of sp³-hybridized carbons (Fsp3) is 0.650. The lowest BCUT2D eigenvalue weighted by atomic mass is 9.79. The molecule has 122 valence electrons. The Kier molecular flexibility index (Phi) is 3.02. The maximum Gasteiger partial charge on any atom is 0.150 e. The molecule has 0 N–H and O–H groups in total. The Morgan fingerprint density at radius 2 is 2.00 bits per heavy atom. The van der Waals surface area contributed by atoms with Gasteiger partial charge in [-0.05, 0) is 63.3 Å². The highest BCUT2D eigenvalue weighted by Gasteiger charge is 2.75. The van der Waals surface area contributed by atoms with Gasteiger partial charge in [-0.15, -0.1) is 0 Å². The van der Waals surface area contributed by atoms with E-state index < -0.39 is 0 Å². The zero-order valence-electron chi connectivity index (χ0n) is 14.0. The van der Waals surface area contributed by atoms with Crippen LogP contribution >= 0.6 is 0 Å². The molecule has 6 rings (SSSR count). The molecule has 0 aromatic carbocycles. The molecule has 0 aromatic heterocycles. The van der Waals surface area contributed by atoms with Crippen molar-refractivity contribution in [3.05, 3.63) is 33.4 Å². The Labute approximate surface area is 138 Å². The molecule has 23 heavy (non-hydrogen) atoms. The molecule has 0 aromatic rings. The summed E-state index contributed by atoms with van der Waals surface area (Å²) in [6.07, 6.45) is 8.69. The van der Waals surface area contributed by atoms with Gasteiger partial charge in [-0.1, -0.05) is 23.1 Å². The first-order valence-electron chi connectivity index (χ1n) is 9.20. The van der Waals surface area contributed by atoms with Crippen molar-refractivity contribution in [1.29, 1.82) is 0 Å². The number of fused-ring (bicyclic) bond motifs is 1. The smallest absolute Gasteiger partial charge is 0.150 e. The van der Waals surface area contributed by atoms with E-state index in [0.717, 1.165) is 44.3 Å². The van der Waals surface area contributed by atoms with E-state index in [4.69, 9.17) is 4.74 Å². The molecule has 1 saturated heterocycles. The summed E-state index contributed by atoms with van der Waals surface area (Å²) in [6, 6.07) is 0. The first kappa shape index (κ1) is 14.2. The number of piperidine rings is 1. The van der Waals surface area contributed by atoms with Gasteiger partial charge in [-0.2, -0.15) is 0 Å². The standard InChI is InChI=1S/C20H25NO2/c1-13-16(12-22)14-9-15(10-14)18-19(20(18)11-17(13)20)23-8-7-21-5-3-2-4-6-21/h12,19H,2-11H2,1H3/b16-14?,17-13+,18-15?. The molecule has 1 heterocycles. The number of nitrogens with zero attached hydrogens (tertiary/aromatic N) is 1. The number of hydrogen-bond acceptors (Lipinski definition) is 3. The van der Waals surface area contributed by atoms with Crippen LogP contribution in [-0.2, 0) is 9.53 Å². The third-order valence-electron chi connectivity index (χ3n) is 6.71. The highest BCUT2D eigenvalue weighted by Crippen LogP contribution is 2.79. The van der Waals surface area contributed by atoms with Gasteiger partial charge in [-0.3, -0.25) is 4.79 Å². The first-order valence-corrected chi connectivity index (χ1v) is 9.20. The third-order valence-corrected chi connectivity index (χ3v) is 6.71. The molecule has 5 aliphatic carbocycles. The number of ether oxygens (including phenoxy) is 1. The van der Waals surface area contributed by atoms with Gasteiger partial charge >= 0.3 is 0 Å². The zero-order chi connectivity index (χ0) is 15.6. The quantitative estimate of drug-likeness (QED) is 0.577. The van der Waals surface area contributed by atoms with Crippen molar-refractivity contribution in [2.45, 2.75) is 51.6 Å². The Hall–Kier alpha value is -1.19. The summed E-state index contributed by atoms with van der Waals surface area (Å²) in [5.74, 6) is 0. The molecule has 2 atom stereocenters. The van der Waals surface area contributed by atoms with Crippen LogP contribution in [0.5, 0.6) is 0 Å². The molecule has 0 radical (unpaired) electrons. The van der Waals surface area contributed by atoms with Crippen LogP contribution in [0.2, 0.25) is 0 Å². The van der Waals surface area contributed by atoms with Crippen molar-refractivity contribution in [2.75, 3.05) is 26.2 Å². The van der Waals surface area contributed by atoms with E-state index in [1.807, 2.05) is 0 Å². The number of carbonyl (C=O) groups excluding carboxylic acids is 1. The van der Waals surface area contributed by atoms with Crippen LogP contribution in [0.25, 0.3) is 0 Å². The molecule has 1 aliphatic heterocycles. The van der Waals surface area contributed by atoms with Crippen LogP contribution < -0.4 is 0 Å². The predicted molar refractivity (Wildman–Crippen MR) is 89.1 cm³/mol. The van der Waals surface area contributed by atoms with Crippen molar-refractivity contribution < 1.29 is 9.53 Å². The topological polar surface area (TPSA) is 29.5 Å². The number of likely N-dealkylation sites (tertiary alicyclic amines) is 1. The first-order chi connectivity index (χ1) is 11.3. The normalized spacial score (nSPS) is 38.4. The van der Waals surface area contributed by atoms with Crippen molar-refractivity contribution in [1.82, 2.24) is 4.90 Å². The average Bonchev–Trinajstić information content (AvgIpc) is 3.40. The van der Waals surface area contributed by atoms with Crippen molar-refractivity contribution in [2.24, 2.45) is 5.41 Å². The molecular weight excluding hydrogens is 286 g/mol. The molecule has 2 bridgehead atoms. The fourth-order valence-electron chi connectivity index (χ4n) is 5.21. The number of allylic oxidation sites excluding steroid dienone is 4. The van der Waals surface area contributed by atoms with Gasteiger partial charge in [0.25, 0.3) is 0 Å². The lowest BCUT2D eigenvalue weighted by molar-refractivity contribution is -0.104. The molecule has 1 spiro atoms. The summed E-state index contributed by atoms with van der Waals surface area (Å²) in [5, 5.41) is 0. The number of rotatable bonds is 5. The van der Waals surface area contributed by atoms with E-state index in [1.165, 1.54) is 49.1 Å². The van der Waals surface area contributed by atoms with E-state index in [1.54, 1.807) is 11.1 Å². The molecule has 6 aliphatic rings. The molecule has 3 heteroatoms. The Balaban J connectivity index is 1.29. The second-order valence-corrected chi connectivity index (χ2v) is 7.91. The van der Waals surface area contributed by atoms with E-state index in [-0.39, 0.29) is 5.41 Å². The minimum absolute atomic E-state index is 0.238. The molecule has 4 fully saturated rings. The van der Waals surface area contributed by atoms with Crippen molar-refractivity contribution >= 4 is 6.29 Å². The van der Waals surface area contributed by atoms with Gasteiger partial charge in [0.05, 0.1) is 12.7 Å². The summed E-state index contributed by atoms with van der Waals surface area (Å²) in [5.41, 5.74) is 8.51. The molecule has 0 amide bonds. The van der Waals surface area contributed by atoms with Gasteiger partial charge in [0.15, 0.2) is 0 Å². The van der Waals surface area contributed by atoms with E-state index >= 15 is 0 Å². The molecular formula is C20H25NO2. The highest BCUT2D eigenvalue weighted by atomic mass is 16.5. The van der Waals surface area contributed by atoms with Crippen LogP contribution in [-0.4, -0.2) is 43.5 Å². The van der Waals surface area contributed by atoms with Crippen molar-refractivity contribution in [3.63, 3.8) is 0 Å². The lowest BCUT2D eigenvalue weighted by Crippen LogP contribution is -2.32. The van der Waals surface area contributed by atoms with E-state index in [2.05, 4.69) is 11.8 Å². The summed E-state index contributed by atoms with van der Waals surface area (Å²) < 4.78 is 6.33. The number of hydrogen-bond donors (Lipinski definition) is 0. The summed E-state index contributed by atoms with van der Waals surface area (Å²) >= 11 is 0. The Bertz CT molecular complexity index is 668. The molecule has 3 saturated carbocycles. The van der Waals surface area contributed by atoms with Crippen LogP contribution in [0.1, 0.15) is 45.4 Å². The number of aldehydes is 1. The monoisotopic (exact) mass is 311 g/mol. The predicted octanol–water partition coefficient (Wildman–Crippen LogP) is 3.18. The Morgan fingerprint density at radius 3 is 2.74 bits per heavy atom. The third kappa shape index (κ3) is 1.93. The maximum absolute atomic E-state index is 11.4. The largest absolute Gasteiger partial charge is 0.371 e. The van der Waals surface area contributed by atoms with Gasteiger partial charge in [0, 0.05) is 17.5 Å². The minimum Gasteiger partial charge on any atom is -0.371 e. The summed E-state index contributed by atoms with van der Waals surface area (Å²) in [7, 11) is 0. The van der Waals surface area contributed by atoms with Gasteiger partial charge in [0.1, 0.15) is 6.29 Å². The van der Waals surface area contributed by atoms with Gasteiger partial charge in [0.2, 0.25) is 0 Å². The van der Waals surface area contributed by atoms with Crippen LogP contribution in [0, 0.1) is 5.41 Å².